The second kappa shape index (κ2) is 8.18. The molecule has 0 radical (unpaired) electrons. The van der Waals surface area contributed by atoms with E-state index in [1.165, 1.54) is 18.2 Å². The number of H-pyrrole nitrogens is 1. The lowest BCUT2D eigenvalue weighted by Crippen LogP contribution is -2.29. The van der Waals surface area contributed by atoms with Gasteiger partial charge in [0.05, 0.1) is 16.7 Å². The molecule has 0 bridgehead atoms. The summed E-state index contributed by atoms with van der Waals surface area (Å²) in [5.74, 6) is 0.497. The van der Waals surface area contributed by atoms with Gasteiger partial charge in [0.15, 0.2) is 11.0 Å². The van der Waals surface area contributed by atoms with Gasteiger partial charge < -0.3 is 5.32 Å². The third-order valence-electron chi connectivity index (χ3n) is 5.02. The zero-order valence-corrected chi connectivity index (χ0v) is 16.6. The fourth-order valence-corrected chi connectivity index (χ4v) is 4.55. The molecule has 8 heteroatoms. The van der Waals surface area contributed by atoms with Crippen molar-refractivity contribution < 1.29 is 4.79 Å². The Bertz CT molecular complexity index is 1050. The normalized spacial score (nSPS) is 15.0. The van der Waals surface area contributed by atoms with E-state index in [9.17, 15) is 9.59 Å². The molecule has 146 valence electrons. The molecule has 7 nitrogen and oxygen atoms in total. The van der Waals surface area contributed by atoms with Crippen LogP contribution in [0.4, 0.5) is 5.82 Å². The van der Waals surface area contributed by atoms with Gasteiger partial charge in [-0.2, -0.15) is 5.10 Å². The minimum Gasteiger partial charge on any atom is -0.308 e. The van der Waals surface area contributed by atoms with Crippen LogP contribution in [0.1, 0.15) is 43.8 Å². The lowest BCUT2D eigenvalue weighted by atomic mass is 9.95. The molecule has 1 aliphatic carbocycles. The van der Waals surface area contributed by atoms with Crippen LogP contribution < -0.4 is 10.9 Å². The number of aromatic amines is 1. The first kappa shape index (κ1) is 18.7. The molecule has 2 aromatic heterocycles. The summed E-state index contributed by atoms with van der Waals surface area (Å²) in [5.41, 5.74) is 1.54. The highest BCUT2D eigenvalue weighted by Crippen LogP contribution is 2.31. The second-order valence-electron chi connectivity index (χ2n) is 7.15. The molecular formula is C20H23N5O2S. The Morgan fingerprint density at radius 1 is 1.29 bits per heavy atom. The SMILES string of the molecule is Cc1cc(NC(=O)CSc2nc3ccccc3c(=O)n2C2CCCCC2)n[nH]1. The van der Waals surface area contributed by atoms with Crippen molar-refractivity contribution in [1.82, 2.24) is 19.7 Å². The van der Waals surface area contributed by atoms with Crippen LogP contribution in [0.15, 0.2) is 40.3 Å². The highest BCUT2D eigenvalue weighted by molar-refractivity contribution is 7.99. The zero-order valence-electron chi connectivity index (χ0n) is 15.8. The van der Waals surface area contributed by atoms with Crippen LogP contribution in [0.25, 0.3) is 10.9 Å². The fourth-order valence-electron chi connectivity index (χ4n) is 3.68. The molecule has 3 aromatic rings. The highest BCUT2D eigenvalue weighted by atomic mass is 32.2. The van der Waals surface area contributed by atoms with E-state index in [0.29, 0.717) is 21.9 Å². The van der Waals surface area contributed by atoms with E-state index in [0.717, 1.165) is 31.4 Å². The number of rotatable bonds is 5. The smallest absolute Gasteiger partial charge is 0.262 e. The minimum absolute atomic E-state index is 0.0108. The number of nitrogens with one attached hydrogen (secondary N) is 2. The average molecular weight is 398 g/mol. The maximum Gasteiger partial charge on any atom is 0.262 e. The molecule has 1 amide bonds. The number of carbonyl (C=O) groups is 1. The number of hydrogen-bond acceptors (Lipinski definition) is 5. The van der Waals surface area contributed by atoms with E-state index in [2.05, 4.69) is 15.5 Å². The Kier molecular flexibility index (Phi) is 5.47. The summed E-state index contributed by atoms with van der Waals surface area (Å²) < 4.78 is 1.82. The van der Waals surface area contributed by atoms with Gasteiger partial charge in [-0.3, -0.25) is 19.3 Å². The summed E-state index contributed by atoms with van der Waals surface area (Å²) in [6.45, 7) is 1.87. The Balaban J connectivity index is 1.61. The van der Waals surface area contributed by atoms with Gasteiger partial charge in [-0.25, -0.2) is 4.98 Å². The number of amides is 1. The van der Waals surface area contributed by atoms with Crippen LogP contribution in [-0.4, -0.2) is 31.4 Å². The summed E-state index contributed by atoms with van der Waals surface area (Å²) in [6.07, 6.45) is 5.40. The van der Waals surface area contributed by atoms with Gasteiger partial charge in [0.1, 0.15) is 0 Å². The van der Waals surface area contributed by atoms with Crippen molar-refractivity contribution in [3.63, 3.8) is 0 Å². The molecule has 2 N–H and O–H groups in total. The maximum absolute atomic E-state index is 13.2. The van der Waals surface area contributed by atoms with Crippen LogP contribution in [0.2, 0.25) is 0 Å². The Morgan fingerprint density at radius 3 is 2.82 bits per heavy atom. The zero-order chi connectivity index (χ0) is 19.5. The van der Waals surface area contributed by atoms with Gasteiger partial charge in [0.2, 0.25) is 5.91 Å². The maximum atomic E-state index is 13.2. The molecule has 28 heavy (non-hydrogen) atoms. The number of para-hydroxylation sites is 1. The van der Waals surface area contributed by atoms with E-state index >= 15 is 0 Å². The Hall–Kier alpha value is -2.61. The van der Waals surface area contributed by atoms with Gasteiger partial charge in [-0.15, -0.1) is 0 Å². The topological polar surface area (TPSA) is 92.7 Å². The summed E-state index contributed by atoms with van der Waals surface area (Å²) in [7, 11) is 0. The van der Waals surface area contributed by atoms with Crippen molar-refractivity contribution in [2.75, 3.05) is 11.1 Å². The monoisotopic (exact) mass is 397 g/mol. The van der Waals surface area contributed by atoms with Gasteiger partial charge in [0, 0.05) is 17.8 Å². The van der Waals surface area contributed by atoms with Crippen LogP contribution in [-0.2, 0) is 4.79 Å². The van der Waals surface area contributed by atoms with E-state index in [1.54, 1.807) is 6.07 Å². The molecule has 2 heterocycles. The van der Waals surface area contributed by atoms with E-state index in [4.69, 9.17) is 4.98 Å². The van der Waals surface area contributed by atoms with Gasteiger partial charge in [-0.05, 0) is 31.9 Å². The number of fused-ring (bicyclic) bond motifs is 1. The Labute approximate surface area is 166 Å². The number of carbonyl (C=O) groups excluding carboxylic acids is 1. The third kappa shape index (κ3) is 3.96. The summed E-state index contributed by atoms with van der Waals surface area (Å²) in [6, 6.07) is 9.33. The van der Waals surface area contributed by atoms with Crippen molar-refractivity contribution >= 4 is 34.4 Å². The predicted molar refractivity (Wildman–Crippen MR) is 111 cm³/mol. The molecule has 0 unspecified atom stereocenters. The number of hydrogen-bond donors (Lipinski definition) is 2. The number of aromatic nitrogens is 4. The van der Waals surface area contributed by atoms with E-state index in [1.807, 2.05) is 35.8 Å². The number of aryl methyl sites for hydroxylation is 1. The van der Waals surface area contributed by atoms with Gasteiger partial charge in [-0.1, -0.05) is 43.2 Å². The molecule has 0 aliphatic heterocycles. The standard InChI is InChI=1S/C20H23N5O2S/c1-13-11-17(24-23-13)22-18(26)12-28-20-21-16-10-6-5-9-15(16)19(27)25(20)14-7-3-2-4-8-14/h5-6,9-11,14H,2-4,7-8,12H2,1H3,(H2,22,23,24,26). The summed E-state index contributed by atoms with van der Waals surface area (Å²) in [4.78, 5) is 30.2. The second-order valence-corrected chi connectivity index (χ2v) is 8.09. The molecule has 1 saturated carbocycles. The van der Waals surface area contributed by atoms with Crippen molar-refractivity contribution in [2.24, 2.45) is 0 Å². The highest BCUT2D eigenvalue weighted by Gasteiger charge is 2.22. The van der Waals surface area contributed by atoms with Crippen molar-refractivity contribution in [3.8, 4) is 0 Å². The Morgan fingerprint density at radius 2 is 2.07 bits per heavy atom. The van der Waals surface area contributed by atoms with Crippen molar-refractivity contribution in [1.29, 1.82) is 0 Å². The average Bonchev–Trinajstić information content (AvgIpc) is 3.11. The van der Waals surface area contributed by atoms with E-state index in [-0.39, 0.29) is 23.3 Å². The number of thioether (sulfide) groups is 1. The first-order valence-electron chi connectivity index (χ1n) is 9.58. The third-order valence-corrected chi connectivity index (χ3v) is 5.97. The molecular weight excluding hydrogens is 374 g/mol. The molecule has 1 fully saturated rings. The number of benzene rings is 1. The van der Waals surface area contributed by atoms with Crippen LogP contribution >= 0.6 is 11.8 Å². The summed E-state index contributed by atoms with van der Waals surface area (Å²) >= 11 is 1.31. The molecule has 1 aliphatic rings. The fraction of sp³-hybridized carbons (Fsp3) is 0.400. The van der Waals surface area contributed by atoms with Crippen molar-refractivity contribution in [2.45, 2.75) is 50.2 Å². The molecule has 1 aromatic carbocycles. The first-order valence-corrected chi connectivity index (χ1v) is 10.6. The largest absolute Gasteiger partial charge is 0.308 e. The number of nitrogens with zero attached hydrogens (tertiary/aromatic N) is 3. The molecule has 0 atom stereocenters. The molecule has 0 saturated heterocycles. The molecule has 0 spiro atoms. The van der Waals surface area contributed by atoms with Crippen LogP contribution in [0.5, 0.6) is 0 Å². The van der Waals surface area contributed by atoms with Gasteiger partial charge in [0.25, 0.3) is 5.56 Å². The minimum atomic E-state index is -0.172. The lowest BCUT2D eigenvalue weighted by molar-refractivity contribution is -0.113. The van der Waals surface area contributed by atoms with Crippen LogP contribution in [0, 0.1) is 6.92 Å². The molecule has 4 rings (SSSR count). The van der Waals surface area contributed by atoms with E-state index < -0.39 is 0 Å². The quantitative estimate of drug-likeness (QED) is 0.506. The predicted octanol–water partition coefficient (Wildman–Crippen LogP) is 3.66. The van der Waals surface area contributed by atoms with Crippen molar-refractivity contribution in [3.05, 3.63) is 46.4 Å². The lowest BCUT2D eigenvalue weighted by Gasteiger charge is -2.26. The summed E-state index contributed by atoms with van der Waals surface area (Å²) in [5, 5.41) is 10.8. The first-order chi connectivity index (χ1) is 13.6. The van der Waals surface area contributed by atoms with Crippen LogP contribution in [0.3, 0.4) is 0 Å². The number of anilines is 1. The van der Waals surface area contributed by atoms with Gasteiger partial charge >= 0.3 is 0 Å².